The summed E-state index contributed by atoms with van der Waals surface area (Å²) in [6, 6.07) is 6.80. The third kappa shape index (κ3) is 4.02. The first-order chi connectivity index (χ1) is 15.6. The lowest BCUT2D eigenvalue weighted by atomic mass is 9.69. The van der Waals surface area contributed by atoms with E-state index >= 15 is 0 Å². The molecule has 1 aliphatic carbocycles. The number of hydrogen-bond acceptors (Lipinski definition) is 6. The average molecular weight is 438 g/mol. The van der Waals surface area contributed by atoms with Gasteiger partial charge >= 0.3 is 0 Å². The van der Waals surface area contributed by atoms with E-state index in [0.717, 1.165) is 43.2 Å². The first-order valence-electron chi connectivity index (χ1n) is 11.2. The number of nitrogens with zero attached hydrogens (tertiary/aromatic N) is 5. The number of allylic oxidation sites excluding steroid dienone is 2. The van der Waals surface area contributed by atoms with Gasteiger partial charge in [-0.3, -0.25) is 4.79 Å². The molecule has 0 saturated carbocycles. The van der Waals surface area contributed by atoms with Crippen molar-refractivity contribution in [3.63, 3.8) is 0 Å². The minimum Gasteiger partial charge on any atom is -0.326 e. The highest BCUT2D eigenvalue weighted by atomic mass is 19.1. The number of hydrogen-bond donors (Lipinski definition) is 2. The van der Waals surface area contributed by atoms with Crippen molar-refractivity contribution in [2.75, 3.05) is 19.6 Å². The molecule has 1 fully saturated rings. The van der Waals surface area contributed by atoms with Gasteiger partial charge in [0.1, 0.15) is 11.9 Å². The Hall–Kier alpha value is -3.12. The van der Waals surface area contributed by atoms with Crippen molar-refractivity contribution >= 4 is 5.91 Å². The molecule has 32 heavy (non-hydrogen) atoms. The number of amides is 1. The van der Waals surface area contributed by atoms with Gasteiger partial charge in [-0.2, -0.15) is 10.5 Å². The maximum Gasteiger partial charge on any atom is 0.237 e. The van der Waals surface area contributed by atoms with Crippen molar-refractivity contribution in [2.24, 2.45) is 0 Å². The molecule has 0 bridgehead atoms. The first kappa shape index (κ1) is 22.1. The van der Waals surface area contributed by atoms with E-state index in [0.29, 0.717) is 25.3 Å². The average Bonchev–Trinajstić information content (AvgIpc) is 3.48. The molecule has 2 N–H and O–H groups in total. The van der Waals surface area contributed by atoms with Crippen LogP contribution in [0.3, 0.4) is 0 Å². The van der Waals surface area contributed by atoms with Crippen molar-refractivity contribution < 1.29 is 9.18 Å². The second-order valence-electron chi connectivity index (χ2n) is 8.36. The van der Waals surface area contributed by atoms with Gasteiger partial charge in [0, 0.05) is 6.54 Å². The maximum atomic E-state index is 14.1. The van der Waals surface area contributed by atoms with Crippen LogP contribution in [0.2, 0.25) is 0 Å². The van der Waals surface area contributed by atoms with E-state index in [-0.39, 0.29) is 24.3 Å². The van der Waals surface area contributed by atoms with E-state index in [9.17, 15) is 14.4 Å². The fourth-order valence-electron chi connectivity index (χ4n) is 5.17. The molecule has 0 spiro atoms. The Morgan fingerprint density at radius 2 is 2.34 bits per heavy atom. The SMILES string of the molecule is CCC1=CCCc2cc(F)ccc2C1(CCNCC(=O)N1CCCC1C#N)c1nn[nH]n1. The minimum atomic E-state index is -0.653. The molecule has 2 unspecified atom stereocenters. The van der Waals surface area contributed by atoms with Crippen LogP contribution in [0.5, 0.6) is 0 Å². The lowest BCUT2D eigenvalue weighted by Gasteiger charge is -2.35. The highest BCUT2D eigenvalue weighted by Gasteiger charge is 2.43. The molecule has 1 amide bonds. The second-order valence-corrected chi connectivity index (χ2v) is 8.36. The molecule has 2 aromatic rings. The Morgan fingerprint density at radius 1 is 1.47 bits per heavy atom. The van der Waals surface area contributed by atoms with Gasteiger partial charge < -0.3 is 10.2 Å². The van der Waals surface area contributed by atoms with Crippen LogP contribution >= 0.6 is 0 Å². The van der Waals surface area contributed by atoms with Crippen molar-refractivity contribution in [2.45, 2.75) is 56.9 Å². The Morgan fingerprint density at radius 3 is 3.09 bits per heavy atom. The Balaban J connectivity index is 1.59. The normalized spacial score (nSPS) is 22.7. The van der Waals surface area contributed by atoms with Gasteiger partial charge in [-0.1, -0.05) is 29.9 Å². The van der Waals surface area contributed by atoms with Gasteiger partial charge in [0.2, 0.25) is 5.91 Å². The molecule has 1 aliphatic heterocycles. The monoisotopic (exact) mass is 437 g/mol. The number of nitriles is 1. The van der Waals surface area contributed by atoms with E-state index in [2.05, 4.69) is 45.0 Å². The topological polar surface area (TPSA) is 111 Å². The Labute approximate surface area is 186 Å². The van der Waals surface area contributed by atoms with Crippen molar-refractivity contribution in [3.8, 4) is 6.07 Å². The largest absolute Gasteiger partial charge is 0.326 e. The van der Waals surface area contributed by atoms with Crippen molar-refractivity contribution in [3.05, 3.63) is 52.6 Å². The Kier molecular flexibility index (Phi) is 6.61. The zero-order valence-corrected chi connectivity index (χ0v) is 18.3. The summed E-state index contributed by atoms with van der Waals surface area (Å²) in [6.07, 6.45) is 6.76. The number of aryl methyl sites for hydroxylation is 1. The first-order valence-corrected chi connectivity index (χ1v) is 11.2. The summed E-state index contributed by atoms with van der Waals surface area (Å²) in [4.78, 5) is 14.3. The van der Waals surface area contributed by atoms with E-state index in [1.165, 1.54) is 11.6 Å². The van der Waals surface area contributed by atoms with Crippen LogP contribution in [0.4, 0.5) is 4.39 Å². The van der Waals surface area contributed by atoms with Crippen LogP contribution in [0, 0.1) is 17.1 Å². The van der Waals surface area contributed by atoms with Gasteiger partial charge in [0.05, 0.1) is 18.0 Å². The highest BCUT2D eigenvalue weighted by molar-refractivity contribution is 5.79. The summed E-state index contributed by atoms with van der Waals surface area (Å²) in [6.45, 7) is 3.43. The fourth-order valence-corrected chi connectivity index (χ4v) is 5.17. The third-order valence-electron chi connectivity index (χ3n) is 6.66. The molecule has 168 valence electrons. The summed E-state index contributed by atoms with van der Waals surface area (Å²) >= 11 is 0. The summed E-state index contributed by atoms with van der Waals surface area (Å²) in [7, 11) is 0. The zero-order valence-electron chi connectivity index (χ0n) is 18.3. The molecule has 0 radical (unpaired) electrons. The molecule has 1 saturated heterocycles. The standard InChI is InChI=1S/C23H28FN7O/c1-2-17-6-3-5-16-13-18(24)8-9-20(16)23(17,22-27-29-30-28-22)10-11-26-15-21(32)31-12-4-7-19(31)14-25/h6,8-9,13,19,26H,2-5,7,10-12,15H2,1H3,(H,27,28,29,30). The number of H-pyrrole nitrogens is 1. The molecule has 4 rings (SSSR count). The number of halogens is 1. The molecule has 9 heteroatoms. The number of aromatic nitrogens is 4. The van der Waals surface area contributed by atoms with Gasteiger partial charge in [0.25, 0.3) is 0 Å². The quantitative estimate of drug-likeness (QED) is 0.508. The zero-order chi connectivity index (χ0) is 22.6. The molecule has 2 atom stereocenters. The van der Waals surface area contributed by atoms with E-state index < -0.39 is 5.41 Å². The van der Waals surface area contributed by atoms with E-state index in [1.54, 1.807) is 11.0 Å². The van der Waals surface area contributed by atoms with Crippen LogP contribution in [-0.2, 0) is 16.6 Å². The number of benzene rings is 1. The molecular weight excluding hydrogens is 409 g/mol. The van der Waals surface area contributed by atoms with Crippen molar-refractivity contribution in [1.82, 2.24) is 30.8 Å². The number of nitrogens with one attached hydrogen (secondary N) is 2. The molecule has 2 aliphatic rings. The number of carbonyl (C=O) groups is 1. The summed E-state index contributed by atoms with van der Waals surface area (Å²) in [5, 5.41) is 27.6. The number of likely N-dealkylation sites (tertiary alicyclic amines) is 1. The van der Waals surface area contributed by atoms with Gasteiger partial charge in [-0.05, 0) is 68.3 Å². The lowest BCUT2D eigenvalue weighted by Crippen LogP contribution is -2.42. The van der Waals surface area contributed by atoms with Gasteiger partial charge in [-0.15, -0.1) is 10.2 Å². The molecule has 1 aromatic heterocycles. The molecule has 1 aromatic carbocycles. The summed E-state index contributed by atoms with van der Waals surface area (Å²) < 4.78 is 14.1. The minimum absolute atomic E-state index is 0.0581. The lowest BCUT2D eigenvalue weighted by molar-refractivity contribution is -0.130. The Bertz CT molecular complexity index is 1030. The smallest absolute Gasteiger partial charge is 0.237 e. The van der Waals surface area contributed by atoms with E-state index in [1.807, 2.05) is 6.07 Å². The number of aromatic amines is 1. The molecule has 8 nitrogen and oxygen atoms in total. The number of rotatable bonds is 7. The number of tetrazole rings is 1. The van der Waals surface area contributed by atoms with Gasteiger partial charge in [0.15, 0.2) is 5.82 Å². The number of fused-ring (bicyclic) bond motifs is 1. The second kappa shape index (κ2) is 9.57. The predicted molar refractivity (Wildman–Crippen MR) is 116 cm³/mol. The third-order valence-corrected chi connectivity index (χ3v) is 6.66. The summed E-state index contributed by atoms with van der Waals surface area (Å²) in [5.74, 6) is 0.238. The van der Waals surface area contributed by atoms with Crippen molar-refractivity contribution in [1.29, 1.82) is 5.26 Å². The van der Waals surface area contributed by atoms with Gasteiger partial charge in [-0.25, -0.2) is 4.39 Å². The summed E-state index contributed by atoms with van der Waals surface area (Å²) in [5.41, 5.74) is 2.45. The number of carbonyl (C=O) groups excluding carboxylic acids is 1. The van der Waals surface area contributed by atoms with Crippen LogP contribution in [0.15, 0.2) is 29.8 Å². The maximum absolute atomic E-state index is 14.1. The van der Waals surface area contributed by atoms with Crippen LogP contribution < -0.4 is 5.32 Å². The highest BCUT2D eigenvalue weighted by Crippen LogP contribution is 2.45. The predicted octanol–water partition coefficient (Wildman–Crippen LogP) is 2.40. The van der Waals surface area contributed by atoms with Crippen LogP contribution in [0.1, 0.15) is 56.0 Å². The fraction of sp³-hybridized carbons (Fsp3) is 0.522. The molecular formula is C23H28FN7O. The van der Waals surface area contributed by atoms with Crippen LogP contribution in [0.25, 0.3) is 0 Å². The van der Waals surface area contributed by atoms with E-state index in [4.69, 9.17) is 0 Å². The van der Waals surface area contributed by atoms with Crippen LogP contribution in [-0.4, -0.2) is 57.1 Å². The molecule has 2 heterocycles.